The number of aryl methyl sites for hydroxylation is 1. The summed E-state index contributed by atoms with van der Waals surface area (Å²) in [5.74, 6) is 1.50. The van der Waals surface area contributed by atoms with Gasteiger partial charge in [-0.05, 0) is 66.9 Å². The van der Waals surface area contributed by atoms with E-state index < -0.39 is 0 Å². The molecule has 0 saturated carbocycles. The molecule has 0 aromatic heterocycles. The Morgan fingerprint density at radius 2 is 1.63 bits per heavy atom. The van der Waals surface area contributed by atoms with Crippen molar-refractivity contribution in [3.05, 3.63) is 53.6 Å². The van der Waals surface area contributed by atoms with Gasteiger partial charge in [0.15, 0.2) is 16.6 Å². The van der Waals surface area contributed by atoms with Gasteiger partial charge in [-0.3, -0.25) is 0 Å². The Kier molecular flexibility index (Phi) is 8.40. The van der Waals surface area contributed by atoms with Crippen LogP contribution in [-0.2, 0) is 12.8 Å². The number of methoxy groups -OCH3 is 2. The Bertz CT molecular complexity index is 732. The van der Waals surface area contributed by atoms with Crippen LogP contribution in [0, 0.1) is 0 Å². The number of hydrogen-bond acceptors (Lipinski definition) is 3. The fourth-order valence-electron chi connectivity index (χ4n) is 2.79. The molecule has 27 heavy (non-hydrogen) atoms. The molecule has 5 heteroatoms. The van der Waals surface area contributed by atoms with Gasteiger partial charge in [-0.25, -0.2) is 0 Å². The van der Waals surface area contributed by atoms with E-state index in [1.165, 1.54) is 24.0 Å². The molecule has 0 aliphatic heterocycles. The minimum Gasteiger partial charge on any atom is -0.493 e. The summed E-state index contributed by atoms with van der Waals surface area (Å²) in [5.41, 5.74) is 3.58. The quantitative estimate of drug-likeness (QED) is 0.619. The summed E-state index contributed by atoms with van der Waals surface area (Å²) in [6, 6.07) is 14.5. The SMILES string of the molecule is CCCCc1ccc(NC(=S)N(C)CCc2ccc(OC)c(OC)c2)cc1. The summed E-state index contributed by atoms with van der Waals surface area (Å²) in [4.78, 5) is 2.05. The zero-order chi connectivity index (χ0) is 19.6. The number of hydrogen-bond donors (Lipinski definition) is 1. The molecule has 0 fully saturated rings. The first-order valence-corrected chi connectivity index (χ1v) is 9.80. The highest BCUT2D eigenvalue weighted by Gasteiger charge is 2.08. The van der Waals surface area contributed by atoms with E-state index in [1.54, 1.807) is 14.2 Å². The van der Waals surface area contributed by atoms with Crippen LogP contribution in [0.3, 0.4) is 0 Å². The van der Waals surface area contributed by atoms with Crippen LogP contribution in [0.2, 0.25) is 0 Å². The lowest BCUT2D eigenvalue weighted by atomic mass is 10.1. The zero-order valence-electron chi connectivity index (χ0n) is 16.7. The van der Waals surface area contributed by atoms with Gasteiger partial charge in [0, 0.05) is 19.3 Å². The Morgan fingerprint density at radius 1 is 0.963 bits per heavy atom. The van der Waals surface area contributed by atoms with Crippen molar-refractivity contribution in [1.29, 1.82) is 0 Å². The lowest BCUT2D eigenvalue weighted by Gasteiger charge is -2.21. The number of benzene rings is 2. The number of likely N-dealkylation sites (N-methyl/N-ethyl adjacent to an activating group) is 1. The monoisotopic (exact) mass is 386 g/mol. The second-order valence-corrected chi connectivity index (χ2v) is 6.98. The van der Waals surface area contributed by atoms with E-state index in [4.69, 9.17) is 21.7 Å². The minimum atomic E-state index is 0.719. The first kappa shape index (κ1) is 21.0. The Morgan fingerprint density at radius 3 is 2.26 bits per heavy atom. The van der Waals surface area contributed by atoms with Crippen molar-refractivity contribution in [3.63, 3.8) is 0 Å². The van der Waals surface area contributed by atoms with Crippen LogP contribution in [-0.4, -0.2) is 37.8 Å². The number of ether oxygens (including phenoxy) is 2. The molecule has 0 spiro atoms. The van der Waals surface area contributed by atoms with E-state index in [9.17, 15) is 0 Å². The van der Waals surface area contributed by atoms with Gasteiger partial charge in [0.1, 0.15) is 0 Å². The summed E-state index contributed by atoms with van der Waals surface area (Å²) in [5, 5.41) is 4.03. The van der Waals surface area contributed by atoms with Crippen LogP contribution < -0.4 is 14.8 Å². The van der Waals surface area contributed by atoms with Crippen molar-refractivity contribution in [2.75, 3.05) is 33.1 Å². The first-order valence-electron chi connectivity index (χ1n) is 9.39. The second-order valence-electron chi connectivity index (χ2n) is 6.59. The molecule has 4 nitrogen and oxygen atoms in total. The van der Waals surface area contributed by atoms with Gasteiger partial charge in [-0.1, -0.05) is 31.5 Å². The minimum absolute atomic E-state index is 0.719. The lowest BCUT2D eigenvalue weighted by Crippen LogP contribution is -2.32. The average molecular weight is 387 g/mol. The summed E-state index contributed by atoms with van der Waals surface area (Å²) < 4.78 is 10.7. The fraction of sp³-hybridized carbons (Fsp3) is 0.409. The predicted octanol–water partition coefficient (Wildman–Crippen LogP) is 4.92. The number of unbranched alkanes of at least 4 members (excludes halogenated alkanes) is 1. The smallest absolute Gasteiger partial charge is 0.173 e. The molecular weight excluding hydrogens is 356 g/mol. The average Bonchev–Trinajstić information content (AvgIpc) is 2.71. The van der Waals surface area contributed by atoms with Crippen LogP contribution in [0.4, 0.5) is 5.69 Å². The molecule has 0 aliphatic carbocycles. The molecule has 0 heterocycles. The normalized spacial score (nSPS) is 10.4. The van der Waals surface area contributed by atoms with Crippen molar-refractivity contribution in [1.82, 2.24) is 4.90 Å². The zero-order valence-corrected chi connectivity index (χ0v) is 17.6. The molecule has 0 amide bonds. The number of nitrogens with zero attached hydrogens (tertiary/aromatic N) is 1. The Labute approximate surface area is 168 Å². The molecule has 0 saturated heterocycles. The fourth-order valence-corrected chi connectivity index (χ4v) is 3.00. The van der Waals surface area contributed by atoms with E-state index in [-0.39, 0.29) is 0 Å². The highest BCUT2D eigenvalue weighted by molar-refractivity contribution is 7.80. The Balaban J connectivity index is 1.86. The second kappa shape index (κ2) is 10.8. The van der Waals surface area contributed by atoms with Crippen molar-refractivity contribution >= 4 is 23.0 Å². The van der Waals surface area contributed by atoms with Crippen molar-refractivity contribution in [2.24, 2.45) is 0 Å². The van der Waals surface area contributed by atoms with E-state index in [1.807, 2.05) is 19.2 Å². The molecule has 2 rings (SSSR count). The highest BCUT2D eigenvalue weighted by Crippen LogP contribution is 2.27. The van der Waals surface area contributed by atoms with E-state index in [2.05, 4.69) is 47.5 Å². The van der Waals surface area contributed by atoms with Gasteiger partial charge in [0.2, 0.25) is 0 Å². The lowest BCUT2D eigenvalue weighted by molar-refractivity contribution is 0.354. The van der Waals surface area contributed by atoms with E-state index in [0.717, 1.165) is 41.7 Å². The molecular formula is C22H30N2O2S. The van der Waals surface area contributed by atoms with Crippen LogP contribution in [0.5, 0.6) is 11.5 Å². The van der Waals surface area contributed by atoms with Crippen LogP contribution in [0.15, 0.2) is 42.5 Å². The number of nitrogens with one attached hydrogen (secondary N) is 1. The number of thiocarbonyl (C=S) groups is 1. The topological polar surface area (TPSA) is 33.7 Å². The molecule has 146 valence electrons. The molecule has 0 aliphatic rings. The van der Waals surface area contributed by atoms with Crippen molar-refractivity contribution in [3.8, 4) is 11.5 Å². The number of rotatable bonds is 9. The summed E-state index contributed by atoms with van der Waals surface area (Å²) >= 11 is 5.54. The van der Waals surface area contributed by atoms with Gasteiger partial charge >= 0.3 is 0 Å². The highest BCUT2D eigenvalue weighted by atomic mass is 32.1. The van der Waals surface area contributed by atoms with Crippen LogP contribution in [0.1, 0.15) is 30.9 Å². The third kappa shape index (κ3) is 6.43. The van der Waals surface area contributed by atoms with Gasteiger partial charge in [0.05, 0.1) is 14.2 Å². The van der Waals surface area contributed by atoms with Gasteiger partial charge in [-0.15, -0.1) is 0 Å². The van der Waals surface area contributed by atoms with E-state index >= 15 is 0 Å². The van der Waals surface area contributed by atoms with Crippen molar-refractivity contribution < 1.29 is 9.47 Å². The van der Waals surface area contributed by atoms with Crippen LogP contribution in [0.25, 0.3) is 0 Å². The molecule has 2 aromatic carbocycles. The van der Waals surface area contributed by atoms with Gasteiger partial charge in [0.25, 0.3) is 0 Å². The summed E-state index contributed by atoms with van der Waals surface area (Å²) in [6.45, 7) is 3.03. The molecule has 0 bridgehead atoms. The molecule has 1 N–H and O–H groups in total. The van der Waals surface area contributed by atoms with Gasteiger partial charge < -0.3 is 19.7 Å². The third-order valence-electron chi connectivity index (χ3n) is 4.55. The third-order valence-corrected chi connectivity index (χ3v) is 4.97. The standard InChI is InChI=1S/C22H30N2O2S/c1-5-6-7-17-8-11-19(12-9-17)23-22(27)24(2)15-14-18-10-13-20(25-3)21(16-18)26-4/h8-13,16H,5-7,14-15H2,1-4H3,(H,23,27). The van der Waals surface area contributed by atoms with Gasteiger partial charge in [-0.2, -0.15) is 0 Å². The maximum atomic E-state index is 5.54. The maximum absolute atomic E-state index is 5.54. The van der Waals surface area contributed by atoms with E-state index in [0.29, 0.717) is 0 Å². The van der Waals surface area contributed by atoms with Crippen LogP contribution >= 0.6 is 12.2 Å². The largest absolute Gasteiger partial charge is 0.493 e. The molecule has 0 radical (unpaired) electrons. The Hall–Kier alpha value is -2.27. The predicted molar refractivity (Wildman–Crippen MR) is 117 cm³/mol. The summed E-state index contributed by atoms with van der Waals surface area (Å²) in [7, 11) is 5.30. The van der Waals surface area contributed by atoms with Crippen molar-refractivity contribution in [2.45, 2.75) is 32.6 Å². The molecule has 0 atom stereocenters. The first-order chi connectivity index (χ1) is 13.1. The molecule has 0 unspecified atom stereocenters. The maximum Gasteiger partial charge on any atom is 0.173 e. The summed E-state index contributed by atoms with van der Waals surface area (Å²) in [6.07, 6.45) is 4.44. The number of anilines is 1. The molecule has 2 aromatic rings.